The molecule has 176 valence electrons. The van der Waals surface area contributed by atoms with Crippen molar-refractivity contribution in [1.29, 1.82) is 5.26 Å². The molecule has 10 heteroatoms. The number of allylic oxidation sites excluding steroid dienone is 1. The van der Waals surface area contributed by atoms with Gasteiger partial charge in [-0.2, -0.15) is 5.26 Å². The van der Waals surface area contributed by atoms with Crippen molar-refractivity contribution < 1.29 is 34.8 Å². The van der Waals surface area contributed by atoms with E-state index in [1.807, 2.05) is 6.07 Å². The number of hydrogen-bond acceptors (Lipinski definition) is 9. The Morgan fingerprint density at radius 2 is 1.94 bits per heavy atom. The van der Waals surface area contributed by atoms with Gasteiger partial charge in [-0.3, -0.25) is 19.3 Å². The minimum atomic E-state index is -2.67. The lowest BCUT2D eigenvalue weighted by Gasteiger charge is -2.50. The molecule has 0 radical (unpaired) electrons. The second-order valence-electron chi connectivity index (χ2n) is 8.95. The van der Waals surface area contributed by atoms with Crippen LogP contribution in [0.5, 0.6) is 5.75 Å². The maximum absolute atomic E-state index is 13.7. The van der Waals surface area contributed by atoms with Crippen molar-refractivity contribution in [2.45, 2.75) is 24.5 Å². The van der Waals surface area contributed by atoms with Crippen molar-refractivity contribution in [2.24, 2.45) is 17.6 Å². The Balaban J connectivity index is 1.98. The Labute approximate surface area is 194 Å². The molecule has 0 heterocycles. The Morgan fingerprint density at radius 3 is 2.53 bits per heavy atom. The van der Waals surface area contributed by atoms with Crippen LogP contribution in [0.1, 0.15) is 23.1 Å². The lowest BCUT2D eigenvalue weighted by atomic mass is 9.57. The lowest BCUT2D eigenvalue weighted by molar-refractivity contribution is -0.153. The molecular weight excluding hydrogens is 442 g/mol. The second-order valence-corrected chi connectivity index (χ2v) is 8.95. The first-order valence-electron chi connectivity index (χ1n) is 10.5. The number of likely N-dealkylation sites (N-methyl/N-ethyl adjacent to an activating group) is 1. The number of nitriles is 1. The fourth-order valence-corrected chi connectivity index (χ4v) is 5.55. The van der Waals surface area contributed by atoms with E-state index in [-0.39, 0.29) is 29.7 Å². The SMILES string of the molecule is CN(C)[C@H]1C(=O)C(C(N)=O)=C(O)[C@@]2(O)C(=O)C3=C(O)c4c(O)ccc(/C=C/C#N)c4C[C@H]3C[C@@H]12. The number of ketones is 2. The number of nitrogens with zero attached hydrogens (tertiary/aromatic N) is 2. The largest absolute Gasteiger partial charge is 0.508 e. The molecule has 0 unspecified atom stereocenters. The summed E-state index contributed by atoms with van der Waals surface area (Å²) in [6.07, 6.45) is 2.92. The van der Waals surface area contributed by atoms with Gasteiger partial charge in [0, 0.05) is 17.6 Å². The van der Waals surface area contributed by atoms with E-state index in [0.29, 0.717) is 11.1 Å². The number of aliphatic hydroxyl groups is 3. The maximum Gasteiger partial charge on any atom is 0.255 e. The molecule has 0 bridgehead atoms. The fourth-order valence-electron chi connectivity index (χ4n) is 5.55. The first kappa shape index (κ1) is 23.2. The number of hydrogen-bond donors (Lipinski definition) is 5. The second kappa shape index (κ2) is 7.83. The number of phenols is 1. The minimum absolute atomic E-state index is 0.00280. The van der Waals surface area contributed by atoms with Crippen molar-refractivity contribution >= 4 is 29.3 Å². The van der Waals surface area contributed by atoms with Gasteiger partial charge in [0.2, 0.25) is 5.78 Å². The van der Waals surface area contributed by atoms with Gasteiger partial charge in [-0.1, -0.05) is 6.07 Å². The van der Waals surface area contributed by atoms with Crippen LogP contribution in [0.15, 0.2) is 35.1 Å². The molecule has 1 fully saturated rings. The number of aromatic hydroxyl groups is 1. The highest BCUT2D eigenvalue weighted by Gasteiger charge is 2.64. The van der Waals surface area contributed by atoms with Gasteiger partial charge >= 0.3 is 0 Å². The average molecular weight is 465 g/mol. The van der Waals surface area contributed by atoms with E-state index in [2.05, 4.69) is 0 Å². The highest BCUT2D eigenvalue weighted by Crippen LogP contribution is 2.52. The molecule has 3 aliphatic rings. The smallest absolute Gasteiger partial charge is 0.255 e. The van der Waals surface area contributed by atoms with Crippen molar-refractivity contribution in [2.75, 3.05) is 14.1 Å². The summed E-state index contributed by atoms with van der Waals surface area (Å²) < 4.78 is 0. The van der Waals surface area contributed by atoms with Crippen molar-refractivity contribution in [3.63, 3.8) is 0 Å². The Bertz CT molecular complexity index is 1280. The van der Waals surface area contributed by atoms with E-state index >= 15 is 0 Å². The number of aliphatic hydroxyl groups excluding tert-OH is 2. The third-order valence-electron chi connectivity index (χ3n) is 6.98. The minimum Gasteiger partial charge on any atom is -0.508 e. The molecule has 0 aromatic heterocycles. The van der Waals surface area contributed by atoms with Crippen molar-refractivity contribution in [1.82, 2.24) is 4.90 Å². The number of fused-ring (bicyclic) bond motifs is 3. The Morgan fingerprint density at radius 1 is 1.26 bits per heavy atom. The molecule has 34 heavy (non-hydrogen) atoms. The van der Waals surface area contributed by atoms with Crippen LogP contribution in [0.2, 0.25) is 0 Å². The van der Waals surface area contributed by atoms with Gasteiger partial charge in [-0.25, -0.2) is 0 Å². The summed E-state index contributed by atoms with van der Waals surface area (Å²) >= 11 is 0. The molecule has 3 aliphatic carbocycles. The number of Topliss-reactive ketones (excluding diaryl/α,β-unsaturated/α-hetero) is 2. The van der Waals surface area contributed by atoms with Gasteiger partial charge in [-0.15, -0.1) is 0 Å². The highest BCUT2D eigenvalue weighted by atomic mass is 16.3. The van der Waals surface area contributed by atoms with Crippen LogP contribution in [-0.4, -0.2) is 68.5 Å². The number of carbonyl (C=O) groups excluding carboxylic acids is 3. The van der Waals surface area contributed by atoms with Crippen molar-refractivity contribution in [3.8, 4) is 11.8 Å². The van der Waals surface area contributed by atoms with Crippen LogP contribution in [0.3, 0.4) is 0 Å². The van der Waals surface area contributed by atoms with Crippen LogP contribution in [0.25, 0.3) is 11.8 Å². The summed E-state index contributed by atoms with van der Waals surface area (Å²) in [5, 5.41) is 52.7. The summed E-state index contributed by atoms with van der Waals surface area (Å²) in [5.41, 5.74) is 2.58. The van der Waals surface area contributed by atoms with Gasteiger partial charge in [0.25, 0.3) is 5.91 Å². The molecule has 1 saturated carbocycles. The first-order chi connectivity index (χ1) is 16.0. The number of nitrogens with two attached hydrogens (primary N) is 1. The Kier molecular flexibility index (Phi) is 5.35. The zero-order valence-corrected chi connectivity index (χ0v) is 18.4. The first-order valence-corrected chi connectivity index (χ1v) is 10.5. The number of rotatable bonds is 3. The van der Waals surface area contributed by atoms with Gasteiger partial charge in [0.1, 0.15) is 22.8 Å². The molecule has 0 spiro atoms. The van der Waals surface area contributed by atoms with Gasteiger partial charge in [0.05, 0.1) is 17.7 Å². The summed E-state index contributed by atoms with van der Waals surface area (Å²) in [6.45, 7) is 0. The van der Waals surface area contributed by atoms with Crippen LogP contribution < -0.4 is 5.73 Å². The van der Waals surface area contributed by atoms with E-state index in [1.165, 1.54) is 37.2 Å². The number of phenolic OH excluding ortho intramolecular Hbond substituents is 1. The van der Waals surface area contributed by atoms with Crippen LogP contribution in [0, 0.1) is 23.2 Å². The average Bonchev–Trinajstić information content (AvgIpc) is 2.75. The molecular formula is C24H23N3O7. The molecule has 10 nitrogen and oxygen atoms in total. The van der Waals surface area contributed by atoms with Gasteiger partial charge in [-0.05, 0) is 56.1 Å². The number of amides is 1. The summed E-state index contributed by atoms with van der Waals surface area (Å²) in [6, 6.07) is 3.62. The van der Waals surface area contributed by atoms with E-state index in [0.717, 1.165) is 0 Å². The summed E-state index contributed by atoms with van der Waals surface area (Å²) in [5.74, 6) is -6.96. The fraction of sp³-hybridized carbons (Fsp3) is 0.333. The molecule has 1 aromatic carbocycles. The third kappa shape index (κ3) is 2.98. The quantitative estimate of drug-likeness (QED) is 0.313. The lowest BCUT2D eigenvalue weighted by Crippen LogP contribution is -2.65. The van der Waals surface area contributed by atoms with E-state index in [4.69, 9.17) is 11.0 Å². The molecule has 6 N–H and O–H groups in total. The molecule has 1 aromatic rings. The van der Waals surface area contributed by atoms with E-state index < -0.39 is 58.0 Å². The third-order valence-corrected chi connectivity index (χ3v) is 6.98. The van der Waals surface area contributed by atoms with Crippen molar-refractivity contribution in [3.05, 3.63) is 51.8 Å². The Hall–Kier alpha value is -3.94. The molecule has 0 aliphatic heterocycles. The zero-order valence-electron chi connectivity index (χ0n) is 18.4. The standard InChI is InChI=1S/C24H23N3O7/c1-27(2)18-13-9-11-8-12-10(4-3-7-25)5-6-14(28)16(12)19(29)15(11)21(31)24(13,34)22(32)17(20(18)30)23(26)33/h3-6,11,13,18,28-29,32,34H,8-9H2,1-2H3,(H2,26,33)/b4-3+/t11-,13-,18+,24-/m0/s1. The summed E-state index contributed by atoms with van der Waals surface area (Å²) in [7, 11) is 3.08. The molecule has 4 rings (SSSR count). The molecule has 0 saturated heterocycles. The van der Waals surface area contributed by atoms with Gasteiger partial charge < -0.3 is 26.2 Å². The predicted octanol–water partition coefficient (Wildman–Crippen LogP) is 0.501. The number of primary amides is 1. The van der Waals surface area contributed by atoms with Crippen LogP contribution in [-0.2, 0) is 20.8 Å². The van der Waals surface area contributed by atoms with Gasteiger partial charge in [0.15, 0.2) is 11.4 Å². The topological polar surface area (TPSA) is 185 Å². The molecule has 4 atom stereocenters. The van der Waals surface area contributed by atoms with E-state index in [1.54, 1.807) is 6.07 Å². The normalized spacial score (nSPS) is 28.6. The number of benzene rings is 1. The highest BCUT2D eigenvalue weighted by molar-refractivity contribution is 6.24. The molecule has 1 amide bonds. The monoisotopic (exact) mass is 465 g/mol. The maximum atomic E-state index is 13.7. The van der Waals surface area contributed by atoms with E-state index in [9.17, 15) is 34.8 Å². The zero-order chi connectivity index (χ0) is 25.1. The van der Waals surface area contributed by atoms with Crippen LogP contribution >= 0.6 is 0 Å². The number of carbonyl (C=O) groups is 3. The predicted molar refractivity (Wildman–Crippen MR) is 119 cm³/mol. The van der Waals surface area contributed by atoms with Crippen LogP contribution in [0.4, 0.5) is 0 Å². The summed E-state index contributed by atoms with van der Waals surface area (Å²) in [4.78, 5) is 40.1.